The maximum Gasteiger partial charge on any atom is 0.336 e. The van der Waals surface area contributed by atoms with Crippen LogP contribution in [-0.2, 0) is 0 Å². The minimum atomic E-state index is -0.375. The van der Waals surface area contributed by atoms with Gasteiger partial charge in [0.25, 0.3) is 0 Å². The molecule has 3 aromatic rings. The van der Waals surface area contributed by atoms with Crippen molar-refractivity contribution in [1.82, 2.24) is 4.98 Å². The van der Waals surface area contributed by atoms with Gasteiger partial charge in [0.05, 0.1) is 4.47 Å². The molecule has 106 valence electrons. The molecule has 0 spiro atoms. The summed E-state index contributed by atoms with van der Waals surface area (Å²) in [6.45, 7) is 1.87. The lowest BCUT2D eigenvalue weighted by Gasteiger charge is -2.08. The molecule has 0 fully saturated rings. The van der Waals surface area contributed by atoms with Gasteiger partial charge in [-0.2, -0.15) is 0 Å². The average Bonchev–Trinajstić information content (AvgIpc) is 2.41. The number of rotatable bonds is 2. The van der Waals surface area contributed by atoms with Crippen LogP contribution in [0.1, 0.15) is 5.56 Å². The van der Waals surface area contributed by atoms with Crippen molar-refractivity contribution in [2.75, 3.05) is 0 Å². The van der Waals surface area contributed by atoms with E-state index in [-0.39, 0.29) is 5.63 Å². The number of aromatic nitrogens is 1. The van der Waals surface area contributed by atoms with Gasteiger partial charge in [0, 0.05) is 28.2 Å². The van der Waals surface area contributed by atoms with Crippen LogP contribution in [0.5, 0.6) is 11.6 Å². The van der Waals surface area contributed by atoms with Gasteiger partial charge in [0.2, 0.25) is 5.88 Å². The van der Waals surface area contributed by atoms with Crippen LogP contribution < -0.4 is 10.4 Å². The van der Waals surface area contributed by atoms with Crippen molar-refractivity contribution in [2.24, 2.45) is 0 Å². The zero-order valence-electron chi connectivity index (χ0n) is 10.9. The van der Waals surface area contributed by atoms with Gasteiger partial charge in [-0.15, -0.1) is 0 Å². The highest BCUT2D eigenvalue weighted by Gasteiger charge is 2.08. The van der Waals surface area contributed by atoms with Crippen LogP contribution in [0.25, 0.3) is 11.0 Å². The molecule has 0 aliphatic heterocycles. The zero-order chi connectivity index (χ0) is 15.0. The molecule has 1 aromatic carbocycles. The molecule has 0 aliphatic rings. The van der Waals surface area contributed by atoms with E-state index in [4.69, 9.17) is 9.15 Å². The Bertz CT molecular complexity index is 890. The molecule has 0 aliphatic carbocycles. The van der Waals surface area contributed by atoms with Crippen LogP contribution in [0.4, 0.5) is 0 Å². The molecule has 0 amide bonds. The monoisotopic (exact) mass is 409 g/mol. The summed E-state index contributed by atoms with van der Waals surface area (Å²) in [5.74, 6) is 0.985. The first kappa shape index (κ1) is 14.3. The fraction of sp³-hybridized carbons (Fsp3) is 0.0667. The summed E-state index contributed by atoms with van der Waals surface area (Å²) in [5.41, 5.74) is 0.988. The molecule has 6 heteroatoms. The highest BCUT2D eigenvalue weighted by Crippen LogP contribution is 2.31. The molecule has 2 aromatic heterocycles. The van der Waals surface area contributed by atoms with Gasteiger partial charge in [-0.1, -0.05) is 0 Å². The molecular formula is C15H9Br2NO3. The van der Waals surface area contributed by atoms with Gasteiger partial charge in [-0.05, 0) is 62.5 Å². The van der Waals surface area contributed by atoms with Gasteiger partial charge in [0.1, 0.15) is 11.3 Å². The molecule has 0 radical (unpaired) electrons. The lowest BCUT2D eigenvalue weighted by atomic mass is 10.1. The Hall–Kier alpha value is -1.66. The van der Waals surface area contributed by atoms with Crippen LogP contribution >= 0.6 is 31.9 Å². The van der Waals surface area contributed by atoms with Gasteiger partial charge in [0.15, 0.2) is 0 Å². The third-order valence-electron chi connectivity index (χ3n) is 2.91. The van der Waals surface area contributed by atoms with Gasteiger partial charge < -0.3 is 9.15 Å². The molecule has 2 heterocycles. The third kappa shape index (κ3) is 3.01. The number of ether oxygens (including phenoxy) is 1. The van der Waals surface area contributed by atoms with Gasteiger partial charge in [-0.25, -0.2) is 9.78 Å². The quantitative estimate of drug-likeness (QED) is 0.568. The number of nitrogens with zero attached hydrogens (tertiary/aromatic N) is 1. The Labute approximate surface area is 137 Å². The largest absolute Gasteiger partial charge is 0.438 e. The Morgan fingerprint density at radius 1 is 1.19 bits per heavy atom. The molecule has 21 heavy (non-hydrogen) atoms. The van der Waals surface area contributed by atoms with E-state index in [1.807, 2.05) is 25.1 Å². The summed E-state index contributed by atoms with van der Waals surface area (Å²) in [4.78, 5) is 15.6. The molecule has 0 saturated heterocycles. The molecule has 0 atom stereocenters. The molecule has 3 rings (SSSR count). The lowest BCUT2D eigenvalue weighted by molar-refractivity contribution is 0.458. The second-order valence-electron chi connectivity index (χ2n) is 4.45. The normalized spacial score (nSPS) is 10.8. The Morgan fingerprint density at radius 2 is 2.00 bits per heavy atom. The number of hydrogen-bond acceptors (Lipinski definition) is 4. The Morgan fingerprint density at radius 3 is 2.76 bits per heavy atom. The average molecular weight is 411 g/mol. The zero-order valence-corrected chi connectivity index (χ0v) is 14.1. The van der Waals surface area contributed by atoms with Crippen LogP contribution in [-0.4, -0.2) is 4.98 Å². The van der Waals surface area contributed by atoms with Crippen molar-refractivity contribution in [1.29, 1.82) is 0 Å². The summed E-state index contributed by atoms with van der Waals surface area (Å²) in [5, 5.41) is 0.879. The van der Waals surface area contributed by atoms with Crippen LogP contribution in [0, 0.1) is 6.92 Å². The predicted octanol–water partition coefficient (Wildman–Crippen LogP) is 4.81. The predicted molar refractivity (Wildman–Crippen MR) is 86.9 cm³/mol. The first-order valence-electron chi connectivity index (χ1n) is 6.06. The molecule has 0 saturated carbocycles. The smallest absolute Gasteiger partial charge is 0.336 e. The standard InChI is InChI=1S/C15H9Br2NO3/c1-8-4-14(19)21-13-6-10(2-3-11(8)13)20-15-12(17)5-9(16)7-18-15/h2-7H,1H3. The first-order chi connectivity index (χ1) is 10.0. The molecule has 4 nitrogen and oxygen atoms in total. The lowest BCUT2D eigenvalue weighted by Crippen LogP contribution is -1.98. The second kappa shape index (κ2) is 5.61. The Balaban J connectivity index is 2.03. The fourth-order valence-electron chi connectivity index (χ4n) is 1.96. The number of hydrogen-bond donors (Lipinski definition) is 0. The summed E-state index contributed by atoms with van der Waals surface area (Å²) in [6.07, 6.45) is 1.64. The number of aryl methyl sites for hydroxylation is 1. The highest BCUT2D eigenvalue weighted by molar-refractivity contribution is 9.11. The summed E-state index contributed by atoms with van der Waals surface area (Å²) in [7, 11) is 0. The first-order valence-corrected chi connectivity index (χ1v) is 7.65. The van der Waals surface area contributed by atoms with E-state index in [1.54, 1.807) is 12.3 Å². The van der Waals surface area contributed by atoms with E-state index in [1.165, 1.54) is 6.07 Å². The maximum atomic E-state index is 11.4. The van der Waals surface area contributed by atoms with E-state index in [9.17, 15) is 4.79 Å². The number of halogens is 2. The SMILES string of the molecule is Cc1cc(=O)oc2cc(Oc3ncc(Br)cc3Br)ccc12. The second-order valence-corrected chi connectivity index (χ2v) is 6.22. The maximum absolute atomic E-state index is 11.4. The Kier molecular flexibility index (Phi) is 3.82. The van der Waals surface area contributed by atoms with Crippen molar-refractivity contribution in [3.63, 3.8) is 0 Å². The third-order valence-corrected chi connectivity index (χ3v) is 3.91. The van der Waals surface area contributed by atoms with Crippen LogP contribution in [0.2, 0.25) is 0 Å². The highest BCUT2D eigenvalue weighted by atomic mass is 79.9. The summed E-state index contributed by atoms with van der Waals surface area (Å²) < 4.78 is 12.5. The molecule has 0 N–H and O–H groups in total. The summed E-state index contributed by atoms with van der Waals surface area (Å²) in [6, 6.07) is 8.66. The number of fused-ring (bicyclic) bond motifs is 1. The molecular weight excluding hydrogens is 402 g/mol. The van der Waals surface area contributed by atoms with Crippen molar-refractivity contribution < 1.29 is 9.15 Å². The van der Waals surface area contributed by atoms with Crippen LogP contribution in [0.15, 0.2) is 54.7 Å². The molecule has 0 bridgehead atoms. The minimum absolute atomic E-state index is 0.375. The van der Waals surface area contributed by atoms with Crippen molar-refractivity contribution in [3.05, 3.63) is 61.5 Å². The fourth-order valence-corrected chi connectivity index (χ4v) is 3.03. The van der Waals surface area contributed by atoms with Crippen molar-refractivity contribution in [3.8, 4) is 11.6 Å². The van der Waals surface area contributed by atoms with E-state index in [0.717, 1.165) is 19.9 Å². The van der Waals surface area contributed by atoms with E-state index in [2.05, 4.69) is 36.8 Å². The molecule has 0 unspecified atom stereocenters. The van der Waals surface area contributed by atoms with Gasteiger partial charge in [-0.3, -0.25) is 0 Å². The number of benzene rings is 1. The van der Waals surface area contributed by atoms with E-state index < -0.39 is 0 Å². The minimum Gasteiger partial charge on any atom is -0.438 e. The summed E-state index contributed by atoms with van der Waals surface area (Å²) >= 11 is 6.72. The van der Waals surface area contributed by atoms with E-state index >= 15 is 0 Å². The van der Waals surface area contributed by atoms with Crippen LogP contribution in [0.3, 0.4) is 0 Å². The number of pyridine rings is 1. The topological polar surface area (TPSA) is 52.3 Å². The van der Waals surface area contributed by atoms with Crippen molar-refractivity contribution >= 4 is 42.8 Å². The van der Waals surface area contributed by atoms with Gasteiger partial charge >= 0.3 is 5.63 Å². The van der Waals surface area contributed by atoms with E-state index in [0.29, 0.717) is 17.2 Å². The van der Waals surface area contributed by atoms with Crippen molar-refractivity contribution in [2.45, 2.75) is 6.92 Å².